The van der Waals surface area contributed by atoms with Crippen LogP contribution >= 0.6 is 39.3 Å². The number of carbonyl (C=O) groups excluding carboxylic acids is 1. The zero-order chi connectivity index (χ0) is 10.7. The van der Waals surface area contributed by atoms with Crippen molar-refractivity contribution in [2.24, 2.45) is 0 Å². The highest BCUT2D eigenvalue weighted by Gasteiger charge is 2.18. The Bertz CT molecular complexity index is 352. The number of ketones is 1. The molecule has 0 saturated carbocycles. The Morgan fingerprint density at radius 3 is 2.71 bits per heavy atom. The minimum atomic E-state index is -0.486. The summed E-state index contributed by atoms with van der Waals surface area (Å²) < 4.78 is 0.807. The summed E-state index contributed by atoms with van der Waals surface area (Å²) in [4.78, 5) is 12.7. The third kappa shape index (κ3) is 2.53. The van der Waals surface area contributed by atoms with E-state index in [1.54, 1.807) is 18.7 Å². The predicted octanol–water partition coefficient (Wildman–Crippen LogP) is 3.98. The first-order valence-electron chi connectivity index (χ1n) is 4.08. The van der Waals surface area contributed by atoms with E-state index in [1.165, 1.54) is 0 Å². The highest BCUT2D eigenvalue weighted by molar-refractivity contribution is 9.10. The van der Waals surface area contributed by atoms with Gasteiger partial charge < -0.3 is 0 Å². The zero-order valence-corrected chi connectivity index (χ0v) is 11.0. The van der Waals surface area contributed by atoms with E-state index in [9.17, 15) is 4.79 Å². The van der Waals surface area contributed by atoms with Crippen molar-refractivity contribution in [2.45, 2.75) is 17.2 Å². The fourth-order valence-corrected chi connectivity index (χ4v) is 2.54. The second kappa shape index (κ2) is 5.19. The van der Waals surface area contributed by atoms with Gasteiger partial charge in [-0.05, 0) is 25.3 Å². The SMILES string of the molecule is CSc1cccc(Br)c1C(=O)C(C)Cl. The molecule has 0 amide bonds. The Morgan fingerprint density at radius 2 is 2.21 bits per heavy atom. The van der Waals surface area contributed by atoms with Gasteiger partial charge in [-0.15, -0.1) is 23.4 Å². The topological polar surface area (TPSA) is 17.1 Å². The lowest BCUT2D eigenvalue weighted by molar-refractivity contribution is 0.0988. The first-order valence-corrected chi connectivity index (χ1v) is 6.54. The minimum absolute atomic E-state index is 0.0384. The molecular weight excluding hydrogens is 284 g/mol. The first-order chi connectivity index (χ1) is 6.57. The Morgan fingerprint density at radius 1 is 1.57 bits per heavy atom. The van der Waals surface area contributed by atoms with Crippen molar-refractivity contribution in [2.75, 3.05) is 6.26 Å². The van der Waals surface area contributed by atoms with Gasteiger partial charge in [0.1, 0.15) is 0 Å². The number of hydrogen-bond acceptors (Lipinski definition) is 2. The maximum absolute atomic E-state index is 11.8. The Balaban J connectivity index is 3.23. The number of halogens is 2. The van der Waals surface area contributed by atoms with Crippen LogP contribution in [0.2, 0.25) is 0 Å². The van der Waals surface area contributed by atoms with Crippen LogP contribution in [-0.2, 0) is 0 Å². The Kier molecular flexibility index (Phi) is 4.48. The number of hydrogen-bond donors (Lipinski definition) is 0. The van der Waals surface area contributed by atoms with Gasteiger partial charge in [0.2, 0.25) is 0 Å². The molecular formula is C10H10BrClOS. The van der Waals surface area contributed by atoms with Crippen LogP contribution < -0.4 is 0 Å². The molecule has 0 saturated heterocycles. The van der Waals surface area contributed by atoms with E-state index >= 15 is 0 Å². The molecule has 0 aliphatic heterocycles. The molecule has 0 spiro atoms. The Labute approximate surface area is 101 Å². The lowest BCUT2D eigenvalue weighted by atomic mass is 10.1. The third-order valence-electron chi connectivity index (χ3n) is 1.80. The van der Waals surface area contributed by atoms with Crippen LogP contribution in [-0.4, -0.2) is 17.4 Å². The Hall–Kier alpha value is 0.01000. The highest BCUT2D eigenvalue weighted by atomic mass is 79.9. The van der Waals surface area contributed by atoms with Crippen LogP contribution in [0.1, 0.15) is 17.3 Å². The normalized spacial score (nSPS) is 12.6. The maximum atomic E-state index is 11.8. The molecule has 0 heterocycles. The molecule has 1 unspecified atom stereocenters. The number of benzene rings is 1. The van der Waals surface area contributed by atoms with E-state index in [0.717, 1.165) is 9.37 Å². The lowest BCUT2D eigenvalue weighted by Crippen LogP contribution is -2.12. The summed E-state index contributed by atoms with van der Waals surface area (Å²) in [5.41, 5.74) is 0.683. The molecule has 0 aliphatic rings. The van der Waals surface area contributed by atoms with Gasteiger partial charge in [-0.3, -0.25) is 4.79 Å². The maximum Gasteiger partial charge on any atom is 0.182 e. The van der Waals surface area contributed by atoms with Crippen molar-refractivity contribution in [1.29, 1.82) is 0 Å². The van der Waals surface area contributed by atoms with Crippen LogP contribution in [0.5, 0.6) is 0 Å². The van der Waals surface area contributed by atoms with Crippen LogP contribution in [0.25, 0.3) is 0 Å². The molecule has 76 valence electrons. The van der Waals surface area contributed by atoms with Crippen LogP contribution in [0.3, 0.4) is 0 Å². The summed E-state index contributed by atoms with van der Waals surface area (Å²) in [6, 6.07) is 5.68. The molecule has 0 aliphatic carbocycles. The lowest BCUT2D eigenvalue weighted by Gasteiger charge is -2.09. The number of Topliss-reactive ketones (excluding diaryl/α,β-unsaturated/α-hetero) is 1. The van der Waals surface area contributed by atoms with E-state index in [1.807, 2.05) is 24.5 Å². The van der Waals surface area contributed by atoms with Crippen LogP contribution in [0.4, 0.5) is 0 Å². The summed E-state index contributed by atoms with van der Waals surface area (Å²) in [5, 5.41) is -0.486. The fraction of sp³-hybridized carbons (Fsp3) is 0.300. The van der Waals surface area contributed by atoms with Gasteiger partial charge in [0.15, 0.2) is 5.78 Å². The van der Waals surface area contributed by atoms with Crippen molar-refractivity contribution in [3.8, 4) is 0 Å². The highest BCUT2D eigenvalue weighted by Crippen LogP contribution is 2.29. The van der Waals surface area contributed by atoms with Crippen molar-refractivity contribution >= 4 is 45.1 Å². The molecule has 4 heteroatoms. The second-order valence-corrected chi connectivity index (χ2v) is 5.15. The first kappa shape index (κ1) is 12.1. The largest absolute Gasteiger partial charge is 0.292 e. The zero-order valence-electron chi connectivity index (χ0n) is 7.88. The monoisotopic (exact) mass is 292 g/mol. The minimum Gasteiger partial charge on any atom is -0.292 e. The summed E-state index contributed by atoms with van der Waals surface area (Å²) in [7, 11) is 0. The van der Waals surface area contributed by atoms with Crippen LogP contribution in [0, 0.1) is 0 Å². The second-order valence-electron chi connectivity index (χ2n) is 2.80. The molecule has 1 atom stereocenters. The quantitative estimate of drug-likeness (QED) is 0.476. The van der Waals surface area contributed by atoms with E-state index < -0.39 is 5.38 Å². The molecule has 0 aromatic heterocycles. The van der Waals surface area contributed by atoms with E-state index in [0.29, 0.717) is 5.56 Å². The average Bonchev–Trinajstić information content (AvgIpc) is 2.16. The fourth-order valence-electron chi connectivity index (χ4n) is 1.11. The smallest absolute Gasteiger partial charge is 0.182 e. The molecule has 1 rings (SSSR count). The molecule has 1 aromatic carbocycles. The molecule has 0 N–H and O–H groups in total. The summed E-state index contributed by atoms with van der Waals surface area (Å²) in [6.07, 6.45) is 1.94. The third-order valence-corrected chi connectivity index (χ3v) is 3.44. The van der Waals surface area contributed by atoms with Gasteiger partial charge in [0.05, 0.1) is 5.38 Å². The van der Waals surface area contributed by atoms with Gasteiger partial charge >= 0.3 is 0 Å². The molecule has 0 bridgehead atoms. The average molecular weight is 294 g/mol. The molecule has 1 nitrogen and oxygen atoms in total. The standard InChI is InChI=1S/C10H10BrClOS/c1-6(12)10(13)9-7(11)4-3-5-8(9)14-2/h3-6H,1-2H3. The number of carbonyl (C=O) groups is 1. The van der Waals surface area contributed by atoms with Gasteiger partial charge in [-0.25, -0.2) is 0 Å². The van der Waals surface area contributed by atoms with Crippen molar-refractivity contribution in [3.63, 3.8) is 0 Å². The van der Waals surface area contributed by atoms with Crippen molar-refractivity contribution in [1.82, 2.24) is 0 Å². The summed E-state index contributed by atoms with van der Waals surface area (Å²) >= 11 is 10.7. The van der Waals surface area contributed by atoms with Gasteiger partial charge in [-0.1, -0.05) is 22.0 Å². The van der Waals surface area contributed by atoms with Gasteiger partial charge in [-0.2, -0.15) is 0 Å². The predicted molar refractivity (Wildman–Crippen MR) is 65.6 cm³/mol. The molecule has 14 heavy (non-hydrogen) atoms. The van der Waals surface area contributed by atoms with Crippen molar-refractivity contribution < 1.29 is 4.79 Å². The molecule has 1 aromatic rings. The number of rotatable bonds is 3. The summed E-state index contributed by atoms with van der Waals surface area (Å²) in [5.74, 6) is -0.0384. The molecule has 0 fully saturated rings. The van der Waals surface area contributed by atoms with E-state index in [-0.39, 0.29) is 5.78 Å². The van der Waals surface area contributed by atoms with Gasteiger partial charge in [0, 0.05) is 14.9 Å². The van der Waals surface area contributed by atoms with Gasteiger partial charge in [0.25, 0.3) is 0 Å². The summed E-state index contributed by atoms with van der Waals surface area (Å²) in [6.45, 7) is 1.69. The van der Waals surface area contributed by atoms with E-state index in [4.69, 9.17) is 11.6 Å². The number of alkyl halides is 1. The van der Waals surface area contributed by atoms with Crippen molar-refractivity contribution in [3.05, 3.63) is 28.2 Å². The van der Waals surface area contributed by atoms with E-state index in [2.05, 4.69) is 15.9 Å². The number of thioether (sulfide) groups is 1. The molecule has 0 radical (unpaired) electrons. The van der Waals surface area contributed by atoms with Crippen LogP contribution in [0.15, 0.2) is 27.6 Å².